The fraction of sp³-hybridized carbons (Fsp3) is 0.188. The standard InChI is InChI=1S/C16H14F2N2O3S/c1-24(22,23)11-4-2-10(3-5-11)16(21)8-20-9-19-14-6-12(17)13(18)7-15(14)20/h2-7,9,16,21H,8H2,1H3. The lowest BCUT2D eigenvalue weighted by molar-refractivity contribution is 0.158. The van der Waals surface area contributed by atoms with Crippen LogP contribution in [0.3, 0.4) is 0 Å². The summed E-state index contributed by atoms with van der Waals surface area (Å²) in [5, 5.41) is 10.3. The molecule has 0 amide bonds. The zero-order valence-corrected chi connectivity index (χ0v) is 13.5. The summed E-state index contributed by atoms with van der Waals surface area (Å²) in [5.41, 5.74) is 1.15. The maximum atomic E-state index is 13.4. The first-order chi connectivity index (χ1) is 11.3. The molecular weight excluding hydrogens is 338 g/mol. The number of aromatic nitrogens is 2. The molecule has 1 atom stereocenters. The number of hydrogen-bond donors (Lipinski definition) is 1. The molecule has 0 fully saturated rings. The van der Waals surface area contributed by atoms with E-state index >= 15 is 0 Å². The predicted molar refractivity (Wildman–Crippen MR) is 84.2 cm³/mol. The second-order valence-corrected chi connectivity index (χ2v) is 7.52. The Morgan fingerprint density at radius 1 is 1.17 bits per heavy atom. The zero-order valence-electron chi connectivity index (χ0n) is 12.6. The van der Waals surface area contributed by atoms with Crippen molar-refractivity contribution in [2.75, 3.05) is 6.26 Å². The van der Waals surface area contributed by atoms with Crippen molar-refractivity contribution in [2.45, 2.75) is 17.5 Å². The molecule has 126 valence electrons. The Bertz CT molecular complexity index is 998. The SMILES string of the molecule is CS(=O)(=O)c1ccc(C(O)Cn2cnc3cc(F)c(F)cc32)cc1. The molecule has 2 aromatic carbocycles. The molecule has 0 bridgehead atoms. The average Bonchev–Trinajstić information content (AvgIpc) is 2.89. The van der Waals surface area contributed by atoms with Crippen LogP contribution < -0.4 is 0 Å². The van der Waals surface area contributed by atoms with Gasteiger partial charge in [-0.1, -0.05) is 12.1 Å². The molecule has 0 saturated heterocycles. The van der Waals surface area contributed by atoms with Gasteiger partial charge in [-0.15, -0.1) is 0 Å². The summed E-state index contributed by atoms with van der Waals surface area (Å²) >= 11 is 0. The van der Waals surface area contributed by atoms with Crippen molar-refractivity contribution in [2.24, 2.45) is 0 Å². The van der Waals surface area contributed by atoms with Gasteiger partial charge in [0.2, 0.25) is 0 Å². The summed E-state index contributed by atoms with van der Waals surface area (Å²) in [6.45, 7) is 0.0692. The fourth-order valence-electron chi connectivity index (χ4n) is 2.43. The highest BCUT2D eigenvalue weighted by Gasteiger charge is 2.14. The van der Waals surface area contributed by atoms with Crippen LogP contribution in [0.15, 0.2) is 47.6 Å². The number of nitrogens with zero attached hydrogens (tertiary/aromatic N) is 2. The predicted octanol–water partition coefficient (Wildman–Crippen LogP) is 2.45. The van der Waals surface area contributed by atoms with Crippen molar-refractivity contribution in [1.29, 1.82) is 0 Å². The van der Waals surface area contributed by atoms with Crippen LogP contribution in [0.2, 0.25) is 0 Å². The Balaban J connectivity index is 1.87. The van der Waals surface area contributed by atoms with Crippen molar-refractivity contribution in [1.82, 2.24) is 9.55 Å². The van der Waals surface area contributed by atoms with E-state index in [-0.39, 0.29) is 17.0 Å². The number of imidazole rings is 1. The van der Waals surface area contributed by atoms with E-state index in [4.69, 9.17) is 0 Å². The van der Waals surface area contributed by atoms with Crippen molar-refractivity contribution < 1.29 is 22.3 Å². The molecule has 24 heavy (non-hydrogen) atoms. The summed E-state index contributed by atoms with van der Waals surface area (Å²) in [7, 11) is -3.31. The minimum atomic E-state index is -3.31. The summed E-state index contributed by atoms with van der Waals surface area (Å²) in [5.74, 6) is -1.97. The van der Waals surface area contributed by atoms with Gasteiger partial charge in [0.05, 0.1) is 34.9 Å². The Labute approximate surface area is 137 Å². The lowest BCUT2D eigenvalue weighted by Gasteiger charge is -2.13. The van der Waals surface area contributed by atoms with E-state index < -0.39 is 27.6 Å². The van der Waals surface area contributed by atoms with Gasteiger partial charge < -0.3 is 9.67 Å². The van der Waals surface area contributed by atoms with E-state index in [0.29, 0.717) is 11.1 Å². The molecule has 3 aromatic rings. The molecule has 0 radical (unpaired) electrons. The zero-order chi connectivity index (χ0) is 17.5. The largest absolute Gasteiger partial charge is 0.387 e. The van der Waals surface area contributed by atoms with Crippen molar-refractivity contribution >= 4 is 20.9 Å². The smallest absolute Gasteiger partial charge is 0.175 e. The molecule has 0 spiro atoms. The molecule has 1 aromatic heterocycles. The van der Waals surface area contributed by atoms with Gasteiger partial charge in [-0.3, -0.25) is 0 Å². The molecule has 3 rings (SSSR count). The van der Waals surface area contributed by atoms with Crippen LogP contribution in [0.4, 0.5) is 8.78 Å². The third kappa shape index (κ3) is 3.15. The van der Waals surface area contributed by atoms with Crippen LogP contribution in [0.5, 0.6) is 0 Å². The summed E-state index contributed by atoms with van der Waals surface area (Å²) < 4.78 is 51.0. The molecule has 1 N–H and O–H groups in total. The molecule has 0 aliphatic carbocycles. The maximum Gasteiger partial charge on any atom is 0.175 e. The van der Waals surface area contributed by atoms with Gasteiger partial charge in [0, 0.05) is 18.4 Å². The fourth-order valence-corrected chi connectivity index (χ4v) is 3.06. The van der Waals surface area contributed by atoms with Gasteiger partial charge in [0.15, 0.2) is 21.5 Å². The Hall–Kier alpha value is -2.32. The quantitative estimate of drug-likeness (QED) is 0.783. The highest BCUT2D eigenvalue weighted by molar-refractivity contribution is 7.90. The van der Waals surface area contributed by atoms with Crippen LogP contribution in [0.1, 0.15) is 11.7 Å². The lowest BCUT2D eigenvalue weighted by Crippen LogP contribution is -2.08. The highest BCUT2D eigenvalue weighted by atomic mass is 32.2. The highest BCUT2D eigenvalue weighted by Crippen LogP contribution is 2.22. The van der Waals surface area contributed by atoms with Crippen molar-refractivity contribution in [3.63, 3.8) is 0 Å². The molecule has 1 heterocycles. The molecule has 0 saturated carbocycles. The van der Waals surface area contributed by atoms with E-state index in [1.165, 1.54) is 35.2 Å². The Morgan fingerprint density at radius 3 is 2.42 bits per heavy atom. The first-order valence-corrected chi connectivity index (χ1v) is 8.93. The topological polar surface area (TPSA) is 72.2 Å². The maximum absolute atomic E-state index is 13.4. The molecule has 0 aliphatic heterocycles. The second kappa shape index (κ2) is 5.95. The number of benzene rings is 2. The van der Waals surface area contributed by atoms with Gasteiger partial charge in [0.25, 0.3) is 0 Å². The minimum absolute atomic E-state index is 0.0692. The van der Waals surface area contributed by atoms with E-state index in [9.17, 15) is 22.3 Å². The Kier molecular flexibility index (Phi) is 4.10. The number of halogens is 2. The van der Waals surface area contributed by atoms with Crippen LogP contribution in [-0.2, 0) is 16.4 Å². The second-order valence-electron chi connectivity index (χ2n) is 5.51. The van der Waals surface area contributed by atoms with Gasteiger partial charge >= 0.3 is 0 Å². The molecule has 0 aliphatic rings. The van der Waals surface area contributed by atoms with Gasteiger partial charge in [0.1, 0.15) is 0 Å². The number of aliphatic hydroxyl groups excluding tert-OH is 1. The van der Waals surface area contributed by atoms with E-state index in [1.54, 1.807) is 0 Å². The van der Waals surface area contributed by atoms with E-state index in [0.717, 1.165) is 18.4 Å². The van der Waals surface area contributed by atoms with Crippen molar-refractivity contribution in [3.8, 4) is 0 Å². The van der Waals surface area contributed by atoms with Gasteiger partial charge in [-0.25, -0.2) is 22.2 Å². The number of sulfone groups is 1. The van der Waals surface area contributed by atoms with Gasteiger partial charge in [-0.05, 0) is 17.7 Å². The first-order valence-electron chi connectivity index (χ1n) is 7.03. The normalized spacial score (nSPS) is 13.3. The average molecular weight is 352 g/mol. The van der Waals surface area contributed by atoms with E-state index in [1.807, 2.05) is 0 Å². The van der Waals surface area contributed by atoms with Gasteiger partial charge in [-0.2, -0.15) is 0 Å². The lowest BCUT2D eigenvalue weighted by atomic mass is 10.1. The number of hydrogen-bond acceptors (Lipinski definition) is 4. The molecule has 5 nitrogen and oxygen atoms in total. The van der Waals surface area contributed by atoms with E-state index in [2.05, 4.69) is 4.98 Å². The molecular formula is C16H14F2N2O3S. The van der Waals surface area contributed by atoms with Crippen LogP contribution in [-0.4, -0.2) is 29.3 Å². The van der Waals surface area contributed by atoms with Crippen molar-refractivity contribution in [3.05, 3.63) is 59.9 Å². The first kappa shape index (κ1) is 16.5. The van der Waals surface area contributed by atoms with Crippen LogP contribution in [0, 0.1) is 11.6 Å². The Morgan fingerprint density at radius 2 is 1.79 bits per heavy atom. The molecule has 8 heteroatoms. The number of rotatable bonds is 4. The number of aliphatic hydroxyl groups is 1. The molecule has 1 unspecified atom stereocenters. The third-order valence-electron chi connectivity index (χ3n) is 3.73. The summed E-state index contributed by atoms with van der Waals surface area (Å²) in [4.78, 5) is 4.14. The summed E-state index contributed by atoms with van der Waals surface area (Å²) in [6, 6.07) is 7.87. The summed E-state index contributed by atoms with van der Waals surface area (Å²) in [6.07, 6.45) is 1.53. The monoisotopic (exact) mass is 352 g/mol. The van der Waals surface area contributed by atoms with Crippen LogP contribution in [0.25, 0.3) is 11.0 Å². The minimum Gasteiger partial charge on any atom is -0.387 e. The third-order valence-corrected chi connectivity index (χ3v) is 4.85. The number of fused-ring (bicyclic) bond motifs is 1. The van der Waals surface area contributed by atoms with Crippen LogP contribution >= 0.6 is 0 Å².